The number of fused-ring (bicyclic) bond motifs is 9. The second-order valence-corrected chi connectivity index (χ2v) is 15.3. The molecule has 0 N–H and O–H groups in total. The lowest BCUT2D eigenvalue weighted by atomic mass is 9.63. The molecule has 1 aliphatic heterocycles. The van der Waals surface area contributed by atoms with Crippen LogP contribution < -0.4 is 9.80 Å². The summed E-state index contributed by atoms with van der Waals surface area (Å²) in [4.78, 5) is 4.89. The van der Waals surface area contributed by atoms with Crippen LogP contribution in [0.3, 0.4) is 0 Å². The number of anilines is 6. The van der Waals surface area contributed by atoms with Gasteiger partial charge in [-0.3, -0.25) is 0 Å². The van der Waals surface area contributed by atoms with Crippen molar-refractivity contribution in [3.8, 4) is 11.1 Å². The van der Waals surface area contributed by atoms with Crippen LogP contribution in [0.4, 0.5) is 34.1 Å². The van der Waals surface area contributed by atoms with Crippen molar-refractivity contribution in [2.45, 2.75) is 31.6 Å². The summed E-state index contributed by atoms with van der Waals surface area (Å²) in [6.07, 6.45) is 6.61. The molecule has 2 aliphatic carbocycles. The normalized spacial score (nSPS) is 17.1. The standard InChI is InChI=1S/C53H42N2/c1-5-20-45-40(6-2)41-27-17-19-30-46(41)53(45)48-33-39(54(36-21-10-7-11-22-36)37-23-12-8-13-24-37)31-32-50(48)55(38-25-14-9-15-26-38)51-35-47-43(34-49(51)53)42-28-16-18-29-44(42)52(47,3)4/h5-35H,2H2,1,3-4H3/b20-5-. The van der Waals surface area contributed by atoms with E-state index in [0.29, 0.717) is 0 Å². The summed E-state index contributed by atoms with van der Waals surface area (Å²) in [6, 6.07) is 62.5. The summed E-state index contributed by atoms with van der Waals surface area (Å²) < 4.78 is 0. The van der Waals surface area contributed by atoms with Crippen LogP contribution in [-0.4, -0.2) is 0 Å². The van der Waals surface area contributed by atoms with Crippen molar-refractivity contribution in [3.63, 3.8) is 0 Å². The van der Waals surface area contributed by atoms with Crippen molar-refractivity contribution in [2.24, 2.45) is 0 Å². The average Bonchev–Trinajstić information content (AvgIpc) is 3.63. The Labute approximate surface area is 324 Å². The molecule has 0 saturated heterocycles. The number of benzene rings is 7. The summed E-state index contributed by atoms with van der Waals surface area (Å²) in [5.74, 6) is 0. The van der Waals surface area contributed by atoms with E-state index in [2.05, 4.69) is 225 Å². The van der Waals surface area contributed by atoms with E-state index in [9.17, 15) is 0 Å². The lowest BCUT2D eigenvalue weighted by molar-refractivity contribution is 0.658. The van der Waals surface area contributed by atoms with E-state index in [1.54, 1.807) is 0 Å². The van der Waals surface area contributed by atoms with Crippen molar-refractivity contribution in [3.05, 3.63) is 234 Å². The summed E-state index contributed by atoms with van der Waals surface area (Å²) in [7, 11) is 0. The van der Waals surface area contributed by atoms with E-state index in [1.807, 2.05) is 0 Å². The monoisotopic (exact) mass is 706 g/mol. The van der Waals surface area contributed by atoms with Crippen LogP contribution in [0.1, 0.15) is 54.2 Å². The van der Waals surface area contributed by atoms with Crippen LogP contribution in [0.5, 0.6) is 0 Å². The molecule has 10 rings (SSSR count). The van der Waals surface area contributed by atoms with Crippen molar-refractivity contribution in [2.75, 3.05) is 9.80 Å². The molecule has 0 amide bonds. The van der Waals surface area contributed by atoms with Gasteiger partial charge in [-0.15, -0.1) is 0 Å². The first kappa shape index (κ1) is 33.0. The first-order chi connectivity index (χ1) is 27.0. The van der Waals surface area contributed by atoms with E-state index >= 15 is 0 Å². The highest BCUT2D eigenvalue weighted by Gasteiger charge is 2.53. The van der Waals surface area contributed by atoms with Crippen LogP contribution in [0.25, 0.3) is 16.7 Å². The molecule has 0 saturated carbocycles. The zero-order chi connectivity index (χ0) is 37.3. The molecule has 1 spiro atoms. The van der Waals surface area contributed by atoms with Crippen molar-refractivity contribution in [1.82, 2.24) is 0 Å². The minimum atomic E-state index is -0.645. The highest BCUT2D eigenvalue weighted by atomic mass is 15.2. The van der Waals surface area contributed by atoms with E-state index < -0.39 is 5.41 Å². The zero-order valence-electron chi connectivity index (χ0n) is 31.5. The Balaban J connectivity index is 1.38. The van der Waals surface area contributed by atoms with Gasteiger partial charge in [0, 0.05) is 28.2 Å². The van der Waals surface area contributed by atoms with Crippen molar-refractivity contribution >= 4 is 39.7 Å². The fourth-order valence-corrected chi connectivity index (χ4v) is 9.83. The largest absolute Gasteiger partial charge is 0.310 e. The third-order valence-corrected chi connectivity index (χ3v) is 12.1. The van der Waals surface area contributed by atoms with E-state index in [0.717, 1.165) is 22.7 Å². The molecule has 0 aromatic heterocycles. The molecule has 0 radical (unpaired) electrons. The highest BCUT2D eigenvalue weighted by molar-refractivity contribution is 6.01. The van der Waals surface area contributed by atoms with Gasteiger partial charge >= 0.3 is 0 Å². The van der Waals surface area contributed by atoms with E-state index in [4.69, 9.17) is 0 Å². The Morgan fingerprint density at radius 2 is 1.09 bits per heavy atom. The fourth-order valence-electron chi connectivity index (χ4n) is 9.83. The number of rotatable bonds is 6. The van der Waals surface area contributed by atoms with Crippen LogP contribution >= 0.6 is 0 Å². The van der Waals surface area contributed by atoms with Crippen molar-refractivity contribution < 1.29 is 0 Å². The average molecular weight is 707 g/mol. The molecule has 1 heterocycles. The Morgan fingerprint density at radius 1 is 0.509 bits per heavy atom. The van der Waals surface area contributed by atoms with Gasteiger partial charge in [0.05, 0.1) is 16.8 Å². The molecule has 7 aromatic rings. The quantitative estimate of drug-likeness (QED) is 0.170. The van der Waals surface area contributed by atoms with Crippen LogP contribution in [0.2, 0.25) is 0 Å². The number of hydrogen-bond acceptors (Lipinski definition) is 2. The number of hydrogen-bond donors (Lipinski definition) is 0. The minimum absolute atomic E-state index is 0.158. The maximum absolute atomic E-state index is 4.45. The maximum atomic E-state index is 4.45. The van der Waals surface area contributed by atoms with Crippen LogP contribution in [0, 0.1) is 0 Å². The van der Waals surface area contributed by atoms with Gasteiger partial charge in [-0.2, -0.15) is 0 Å². The molecular formula is C53H42N2. The lowest BCUT2D eigenvalue weighted by Crippen LogP contribution is -2.37. The molecule has 2 heteroatoms. The van der Waals surface area contributed by atoms with Gasteiger partial charge < -0.3 is 9.80 Å². The van der Waals surface area contributed by atoms with Gasteiger partial charge in [-0.05, 0) is 129 Å². The predicted octanol–water partition coefficient (Wildman–Crippen LogP) is 14.1. The summed E-state index contributed by atoms with van der Waals surface area (Å²) in [5, 5.41) is 0. The van der Waals surface area contributed by atoms with Gasteiger partial charge in [0.25, 0.3) is 0 Å². The smallest absolute Gasteiger partial charge is 0.0755 e. The van der Waals surface area contributed by atoms with E-state index in [-0.39, 0.29) is 5.41 Å². The number of allylic oxidation sites excluding steroid dienone is 5. The summed E-state index contributed by atoms with van der Waals surface area (Å²) in [5.41, 5.74) is 18.8. The van der Waals surface area contributed by atoms with Gasteiger partial charge in [0.1, 0.15) is 0 Å². The van der Waals surface area contributed by atoms with Gasteiger partial charge in [-0.25, -0.2) is 0 Å². The molecular weight excluding hydrogens is 665 g/mol. The third-order valence-electron chi connectivity index (χ3n) is 12.1. The van der Waals surface area contributed by atoms with E-state index in [1.165, 1.54) is 67.0 Å². The van der Waals surface area contributed by atoms with Crippen LogP contribution in [-0.2, 0) is 10.8 Å². The zero-order valence-corrected chi connectivity index (χ0v) is 31.5. The first-order valence-electron chi connectivity index (χ1n) is 19.3. The third kappa shape index (κ3) is 4.61. The Kier molecular flexibility index (Phi) is 7.47. The van der Waals surface area contributed by atoms with Gasteiger partial charge in [0.15, 0.2) is 0 Å². The molecule has 2 nitrogen and oxygen atoms in total. The fraction of sp³-hybridized carbons (Fsp3) is 0.0943. The lowest BCUT2D eigenvalue weighted by Gasteiger charge is -2.46. The molecule has 1 unspecified atom stereocenters. The second kappa shape index (κ2) is 12.5. The van der Waals surface area contributed by atoms with Crippen LogP contribution in [0.15, 0.2) is 200 Å². The molecule has 0 bridgehead atoms. The molecule has 1 atom stereocenters. The Morgan fingerprint density at radius 3 is 1.75 bits per heavy atom. The Bertz CT molecular complexity index is 2660. The SMILES string of the molecule is C=CC1=C(/C=C\C)C2(c3ccccc31)c1cc(N(c3ccccc3)c3ccccc3)ccc1N(c1ccccc1)c1cc3c(cc12)-c1ccccc1C3(C)C. The second-order valence-electron chi connectivity index (χ2n) is 15.3. The maximum Gasteiger partial charge on any atom is 0.0755 e. The topological polar surface area (TPSA) is 6.48 Å². The molecule has 0 fully saturated rings. The molecule has 3 aliphatic rings. The van der Waals surface area contributed by atoms with Gasteiger partial charge in [0.2, 0.25) is 0 Å². The minimum Gasteiger partial charge on any atom is -0.310 e. The first-order valence-corrected chi connectivity index (χ1v) is 19.3. The summed E-state index contributed by atoms with van der Waals surface area (Å²) in [6.45, 7) is 11.3. The number of nitrogens with zero attached hydrogens (tertiary/aromatic N) is 2. The van der Waals surface area contributed by atoms with Crippen molar-refractivity contribution in [1.29, 1.82) is 0 Å². The molecule has 7 aromatic carbocycles. The Hall–Kier alpha value is -6.64. The molecule has 264 valence electrons. The van der Waals surface area contributed by atoms with Gasteiger partial charge in [-0.1, -0.05) is 142 Å². The molecule has 55 heavy (non-hydrogen) atoms. The highest BCUT2D eigenvalue weighted by Crippen LogP contribution is 2.65. The summed E-state index contributed by atoms with van der Waals surface area (Å²) >= 11 is 0. The predicted molar refractivity (Wildman–Crippen MR) is 232 cm³/mol. The number of para-hydroxylation sites is 3.